The monoisotopic (exact) mass is 344 g/mol. The molecule has 1 aromatic heterocycles. The Morgan fingerprint density at radius 1 is 1.44 bits per heavy atom. The number of halogens is 1. The molecule has 4 heteroatoms. The Labute approximate surface area is 113 Å². The van der Waals surface area contributed by atoms with Gasteiger partial charge in [0.1, 0.15) is 5.01 Å². The lowest BCUT2D eigenvalue weighted by Gasteiger charge is -2.04. The van der Waals surface area contributed by atoms with E-state index < -0.39 is 0 Å². The van der Waals surface area contributed by atoms with Crippen molar-refractivity contribution < 1.29 is 0 Å². The summed E-state index contributed by atoms with van der Waals surface area (Å²) < 4.78 is 1.24. The van der Waals surface area contributed by atoms with E-state index >= 15 is 0 Å². The maximum absolute atomic E-state index is 4.65. The van der Waals surface area contributed by atoms with Crippen molar-refractivity contribution in [3.8, 4) is 11.3 Å². The van der Waals surface area contributed by atoms with Crippen molar-refractivity contribution in [2.24, 2.45) is 0 Å². The average Bonchev–Trinajstić information content (AvgIpc) is 2.77. The second-order valence-corrected chi connectivity index (χ2v) is 5.73. The predicted molar refractivity (Wildman–Crippen MR) is 77.7 cm³/mol. The van der Waals surface area contributed by atoms with Crippen molar-refractivity contribution in [2.45, 2.75) is 13.0 Å². The van der Waals surface area contributed by atoms with E-state index in [0.717, 1.165) is 10.7 Å². The van der Waals surface area contributed by atoms with Crippen molar-refractivity contribution in [2.75, 3.05) is 7.05 Å². The SMILES string of the molecule is CNC(C)c1nc(-c2cccc(I)c2)cs1. The molecule has 0 saturated carbocycles. The van der Waals surface area contributed by atoms with Crippen LogP contribution >= 0.6 is 33.9 Å². The molecule has 2 nitrogen and oxygen atoms in total. The van der Waals surface area contributed by atoms with Crippen LogP contribution in [0.3, 0.4) is 0 Å². The quantitative estimate of drug-likeness (QED) is 0.859. The van der Waals surface area contributed by atoms with E-state index in [1.165, 1.54) is 9.13 Å². The number of thiazole rings is 1. The second kappa shape index (κ2) is 5.25. The van der Waals surface area contributed by atoms with Gasteiger partial charge < -0.3 is 5.32 Å². The molecular weight excluding hydrogens is 331 g/mol. The number of aromatic nitrogens is 1. The zero-order valence-electron chi connectivity index (χ0n) is 9.20. The molecule has 2 aromatic rings. The average molecular weight is 344 g/mol. The van der Waals surface area contributed by atoms with Crippen LogP contribution in [0.2, 0.25) is 0 Å². The van der Waals surface area contributed by atoms with Gasteiger partial charge in [0.15, 0.2) is 0 Å². The van der Waals surface area contributed by atoms with Gasteiger partial charge in [-0.2, -0.15) is 0 Å². The van der Waals surface area contributed by atoms with Crippen LogP contribution in [0, 0.1) is 3.57 Å². The van der Waals surface area contributed by atoms with E-state index in [4.69, 9.17) is 0 Å². The molecule has 84 valence electrons. The molecule has 1 atom stereocenters. The number of benzene rings is 1. The molecule has 16 heavy (non-hydrogen) atoms. The van der Waals surface area contributed by atoms with Gasteiger partial charge in [-0.25, -0.2) is 4.98 Å². The summed E-state index contributed by atoms with van der Waals surface area (Å²) in [6, 6.07) is 8.74. The number of nitrogens with one attached hydrogen (secondary N) is 1. The molecule has 1 aromatic carbocycles. The number of rotatable bonds is 3. The van der Waals surface area contributed by atoms with Crippen LogP contribution < -0.4 is 5.32 Å². The summed E-state index contributed by atoms with van der Waals surface area (Å²) in [7, 11) is 1.96. The second-order valence-electron chi connectivity index (χ2n) is 3.59. The lowest BCUT2D eigenvalue weighted by atomic mass is 10.2. The van der Waals surface area contributed by atoms with Crippen molar-refractivity contribution in [1.29, 1.82) is 0 Å². The van der Waals surface area contributed by atoms with Gasteiger partial charge in [0.05, 0.1) is 11.7 Å². The highest BCUT2D eigenvalue weighted by Crippen LogP contribution is 2.26. The summed E-state index contributed by atoms with van der Waals surface area (Å²) in [6.45, 7) is 2.12. The Kier molecular flexibility index (Phi) is 3.94. The zero-order chi connectivity index (χ0) is 11.5. The Morgan fingerprint density at radius 3 is 2.94 bits per heavy atom. The van der Waals surface area contributed by atoms with Crippen LogP contribution in [-0.2, 0) is 0 Å². The molecule has 0 radical (unpaired) electrons. The Morgan fingerprint density at radius 2 is 2.25 bits per heavy atom. The Hall–Kier alpha value is -0.460. The molecule has 0 aliphatic rings. The zero-order valence-corrected chi connectivity index (χ0v) is 12.2. The third kappa shape index (κ3) is 2.61. The molecule has 0 spiro atoms. The Bertz CT molecular complexity index is 481. The summed E-state index contributed by atoms with van der Waals surface area (Å²) in [4.78, 5) is 4.65. The van der Waals surface area contributed by atoms with E-state index in [9.17, 15) is 0 Å². The minimum Gasteiger partial charge on any atom is -0.311 e. The number of nitrogens with zero attached hydrogens (tertiary/aromatic N) is 1. The molecular formula is C12H13IN2S. The smallest absolute Gasteiger partial charge is 0.110 e. The van der Waals surface area contributed by atoms with E-state index in [1.54, 1.807) is 11.3 Å². The lowest BCUT2D eigenvalue weighted by Crippen LogP contribution is -2.11. The van der Waals surface area contributed by atoms with Gasteiger partial charge in [0.25, 0.3) is 0 Å². The van der Waals surface area contributed by atoms with Gasteiger partial charge >= 0.3 is 0 Å². The summed E-state index contributed by atoms with van der Waals surface area (Å²) in [5.74, 6) is 0. The van der Waals surface area contributed by atoms with Gasteiger partial charge in [-0.1, -0.05) is 12.1 Å². The topological polar surface area (TPSA) is 24.9 Å². The number of hydrogen-bond acceptors (Lipinski definition) is 3. The third-order valence-electron chi connectivity index (χ3n) is 2.45. The van der Waals surface area contributed by atoms with Crippen LogP contribution in [0.15, 0.2) is 29.6 Å². The van der Waals surface area contributed by atoms with E-state index in [0.29, 0.717) is 6.04 Å². The molecule has 0 aliphatic carbocycles. The predicted octanol–water partition coefficient (Wildman–Crippen LogP) is 3.70. The minimum absolute atomic E-state index is 0.321. The molecule has 2 rings (SSSR count). The molecule has 0 aliphatic heterocycles. The third-order valence-corrected chi connectivity index (χ3v) is 4.14. The van der Waals surface area contributed by atoms with E-state index in [-0.39, 0.29) is 0 Å². The highest BCUT2D eigenvalue weighted by Gasteiger charge is 2.09. The fraction of sp³-hybridized carbons (Fsp3) is 0.250. The summed E-state index contributed by atoms with van der Waals surface area (Å²) >= 11 is 4.03. The van der Waals surface area contributed by atoms with Crippen LogP contribution in [0.1, 0.15) is 18.0 Å². The Balaban J connectivity index is 2.31. The lowest BCUT2D eigenvalue weighted by molar-refractivity contribution is 0.648. The molecule has 0 bridgehead atoms. The molecule has 0 amide bonds. The summed E-state index contributed by atoms with van der Waals surface area (Å²) in [5, 5.41) is 6.46. The first-order valence-corrected chi connectivity index (χ1v) is 7.05. The van der Waals surface area contributed by atoms with Gasteiger partial charge in [0.2, 0.25) is 0 Å². The first-order valence-electron chi connectivity index (χ1n) is 5.09. The maximum atomic E-state index is 4.65. The molecule has 1 heterocycles. The maximum Gasteiger partial charge on any atom is 0.110 e. The van der Waals surface area contributed by atoms with Crippen molar-refractivity contribution in [3.05, 3.63) is 38.2 Å². The minimum atomic E-state index is 0.321. The van der Waals surface area contributed by atoms with Gasteiger partial charge in [-0.15, -0.1) is 11.3 Å². The van der Waals surface area contributed by atoms with Crippen LogP contribution in [0.5, 0.6) is 0 Å². The van der Waals surface area contributed by atoms with E-state index in [2.05, 4.69) is 69.5 Å². The van der Waals surface area contributed by atoms with Crippen molar-refractivity contribution in [3.63, 3.8) is 0 Å². The molecule has 1 N–H and O–H groups in total. The molecule has 1 unspecified atom stereocenters. The van der Waals surface area contributed by atoms with Crippen molar-refractivity contribution >= 4 is 33.9 Å². The normalized spacial score (nSPS) is 12.7. The summed E-state index contributed by atoms with van der Waals surface area (Å²) in [5.41, 5.74) is 2.26. The first-order chi connectivity index (χ1) is 7.70. The fourth-order valence-electron chi connectivity index (χ4n) is 1.39. The summed E-state index contributed by atoms with van der Waals surface area (Å²) in [6.07, 6.45) is 0. The van der Waals surface area contributed by atoms with Gasteiger partial charge in [0, 0.05) is 14.5 Å². The van der Waals surface area contributed by atoms with Crippen molar-refractivity contribution in [1.82, 2.24) is 10.3 Å². The fourth-order valence-corrected chi connectivity index (χ4v) is 2.83. The van der Waals surface area contributed by atoms with Crippen LogP contribution in [0.4, 0.5) is 0 Å². The standard InChI is InChI=1S/C12H13IN2S/c1-8(14-2)12-15-11(7-16-12)9-4-3-5-10(13)6-9/h3-8,14H,1-2H3. The number of hydrogen-bond donors (Lipinski definition) is 1. The van der Waals surface area contributed by atoms with Gasteiger partial charge in [-0.05, 0) is 48.7 Å². The van der Waals surface area contributed by atoms with Crippen LogP contribution in [-0.4, -0.2) is 12.0 Å². The highest BCUT2D eigenvalue weighted by molar-refractivity contribution is 14.1. The molecule has 0 saturated heterocycles. The highest BCUT2D eigenvalue weighted by atomic mass is 127. The van der Waals surface area contributed by atoms with E-state index in [1.807, 2.05) is 7.05 Å². The molecule has 0 fully saturated rings. The van der Waals surface area contributed by atoms with Crippen LogP contribution in [0.25, 0.3) is 11.3 Å². The largest absolute Gasteiger partial charge is 0.311 e. The first kappa shape index (κ1) is 12.0. The van der Waals surface area contributed by atoms with Gasteiger partial charge in [-0.3, -0.25) is 0 Å².